The van der Waals surface area contributed by atoms with Gasteiger partial charge in [0.15, 0.2) is 0 Å². The van der Waals surface area contributed by atoms with Crippen LogP contribution in [-0.4, -0.2) is 9.13 Å². The molecule has 13 rings (SSSR count). The zero-order valence-electron chi connectivity index (χ0n) is 36.0. The molecule has 4 heterocycles. The fraction of sp³-hybridized carbons (Fsp3) is 0.0333. The van der Waals surface area contributed by atoms with Crippen LogP contribution in [0, 0.1) is 0 Å². The summed E-state index contributed by atoms with van der Waals surface area (Å²) < 4.78 is 7.35. The van der Waals surface area contributed by atoms with E-state index in [1.54, 1.807) is 0 Å². The summed E-state index contributed by atoms with van der Waals surface area (Å²) in [5.74, 6) is 0. The molecule has 0 aliphatic carbocycles. The minimum atomic E-state index is 1.12. The minimum absolute atomic E-state index is 1.12. The first kappa shape index (κ1) is 38.9. The van der Waals surface area contributed by atoms with Crippen LogP contribution in [0.25, 0.3) is 96.0 Å². The Labute approximate surface area is 385 Å². The van der Waals surface area contributed by atoms with E-state index in [1.165, 1.54) is 96.0 Å². The highest BCUT2D eigenvalue weighted by molar-refractivity contribution is 7.24. The summed E-state index contributed by atoms with van der Waals surface area (Å²) in [6.45, 7) is 4.00. The van der Waals surface area contributed by atoms with E-state index >= 15 is 0 Å². The molecule has 0 atom stereocenters. The zero-order valence-corrected chi connectivity index (χ0v) is 37.7. The number of hydrogen-bond acceptors (Lipinski definition) is 3. The Bertz CT molecular complexity index is 3620. The summed E-state index contributed by atoms with van der Waals surface area (Å²) in [7, 11) is 0. The topological polar surface area (TPSA) is 13.1 Å². The molecule has 0 saturated heterocycles. The first-order chi connectivity index (χ1) is 32.3. The number of anilines is 3. The third-order valence-electron chi connectivity index (χ3n) is 12.5. The van der Waals surface area contributed by atoms with Gasteiger partial charge in [-0.15, -0.1) is 22.7 Å². The monoisotopic (exact) mass is 869 g/mol. The van der Waals surface area contributed by atoms with Gasteiger partial charge in [0.05, 0.1) is 43.2 Å². The van der Waals surface area contributed by atoms with Crippen LogP contribution in [0.2, 0.25) is 0 Å². The van der Waals surface area contributed by atoms with Crippen molar-refractivity contribution in [3.05, 3.63) is 224 Å². The average molecular weight is 870 g/mol. The van der Waals surface area contributed by atoms with Gasteiger partial charge in [0.1, 0.15) is 0 Å². The van der Waals surface area contributed by atoms with Crippen LogP contribution in [-0.2, 0) is 0 Å². The lowest BCUT2D eigenvalue weighted by molar-refractivity contribution is 1.18. The van der Waals surface area contributed by atoms with E-state index in [9.17, 15) is 0 Å². The van der Waals surface area contributed by atoms with Crippen LogP contribution in [0.4, 0.5) is 17.1 Å². The maximum absolute atomic E-state index is 2.57. The van der Waals surface area contributed by atoms with Gasteiger partial charge in [-0.25, -0.2) is 0 Å². The van der Waals surface area contributed by atoms with Gasteiger partial charge in [0.2, 0.25) is 0 Å². The van der Waals surface area contributed by atoms with Crippen molar-refractivity contribution < 1.29 is 0 Å². The van der Waals surface area contributed by atoms with Crippen LogP contribution in [0.15, 0.2) is 224 Å². The lowest BCUT2D eigenvalue weighted by atomic mass is 10.0. The highest BCUT2D eigenvalue weighted by Crippen LogP contribution is 2.56. The minimum Gasteiger partial charge on any atom is -0.309 e. The second kappa shape index (κ2) is 16.1. The number of nitrogens with zero attached hydrogens (tertiary/aromatic N) is 3. The molecule has 0 aliphatic heterocycles. The maximum atomic E-state index is 2.57. The Hall–Kier alpha value is -7.70. The van der Waals surface area contributed by atoms with E-state index in [2.05, 4.69) is 238 Å². The third-order valence-corrected chi connectivity index (χ3v) is 14.9. The van der Waals surface area contributed by atoms with Crippen LogP contribution >= 0.6 is 22.7 Å². The molecular weight excluding hydrogens is 827 g/mol. The van der Waals surface area contributed by atoms with E-state index in [1.807, 2.05) is 36.5 Å². The summed E-state index contributed by atoms with van der Waals surface area (Å²) in [6.07, 6.45) is 0. The van der Waals surface area contributed by atoms with Gasteiger partial charge in [-0.2, -0.15) is 0 Å². The van der Waals surface area contributed by atoms with Gasteiger partial charge in [-0.1, -0.05) is 166 Å². The number of benzene rings is 9. The molecule has 0 saturated carbocycles. The third kappa shape index (κ3) is 6.30. The highest BCUT2D eigenvalue weighted by Gasteiger charge is 2.29. The van der Waals surface area contributed by atoms with E-state index < -0.39 is 0 Å². The zero-order chi connectivity index (χ0) is 43.4. The van der Waals surface area contributed by atoms with Gasteiger partial charge in [0.25, 0.3) is 0 Å². The van der Waals surface area contributed by atoms with Gasteiger partial charge in [-0.05, 0) is 83.9 Å². The molecular formula is C60H43N3S2. The first-order valence-corrected chi connectivity index (χ1v) is 24.0. The Morgan fingerprint density at radius 2 is 0.677 bits per heavy atom. The Balaban J connectivity index is 0.00000219. The quantitative estimate of drug-likeness (QED) is 0.156. The summed E-state index contributed by atoms with van der Waals surface area (Å²) >= 11 is 3.75. The van der Waals surface area contributed by atoms with Crippen molar-refractivity contribution in [3.63, 3.8) is 0 Å². The summed E-state index contributed by atoms with van der Waals surface area (Å²) in [4.78, 5) is 5.02. The van der Waals surface area contributed by atoms with Crippen molar-refractivity contribution >= 4 is 104 Å². The van der Waals surface area contributed by atoms with Crippen molar-refractivity contribution in [2.75, 3.05) is 4.90 Å². The van der Waals surface area contributed by atoms with Gasteiger partial charge < -0.3 is 14.0 Å². The molecule has 9 aromatic carbocycles. The van der Waals surface area contributed by atoms with Crippen molar-refractivity contribution in [1.29, 1.82) is 0 Å². The second-order valence-corrected chi connectivity index (χ2v) is 18.2. The SMILES string of the molecule is CC.c1ccc(N(c2c(-c3ccc4c5ccccc5n(-c5ccccc5)c4c3)sc3ccccc23)c2c(-c3ccc4c5ccccc5n(-c5ccccc5)c4c3)sc3ccccc23)cc1. The maximum Gasteiger partial charge on any atom is 0.0727 e. The molecule has 0 amide bonds. The lowest BCUT2D eigenvalue weighted by Gasteiger charge is -2.27. The average Bonchev–Trinajstić information content (AvgIpc) is 4.14. The molecule has 0 unspecified atom stereocenters. The molecule has 13 aromatic rings. The molecule has 0 fully saturated rings. The number of aromatic nitrogens is 2. The molecule has 3 nitrogen and oxygen atoms in total. The van der Waals surface area contributed by atoms with E-state index in [0.29, 0.717) is 0 Å². The molecule has 310 valence electrons. The normalized spacial score (nSPS) is 11.5. The van der Waals surface area contributed by atoms with Crippen molar-refractivity contribution in [2.45, 2.75) is 13.8 Å². The number of rotatable bonds is 7. The van der Waals surface area contributed by atoms with E-state index in [0.717, 1.165) is 17.1 Å². The standard InChI is InChI=1S/C58H37N3S2.C2H6/c1-4-18-40(19-5-1)59-49-28-14-10-24-43(49)45-34-32-38(36-51(45)59)57-55(47-26-12-16-30-53(47)62-57)61(42-22-8-3-9-23-42)56-48-27-13-17-31-54(48)63-58(56)39-33-35-46-44-25-11-15-29-50(44)60(52(46)37-39)41-20-6-2-7-21-41;1-2/h1-37H;1-2H3. The molecule has 0 spiro atoms. The van der Waals surface area contributed by atoms with Crippen LogP contribution in [0.1, 0.15) is 13.8 Å². The molecule has 5 heteroatoms. The lowest BCUT2D eigenvalue weighted by Crippen LogP contribution is -2.11. The molecule has 0 radical (unpaired) electrons. The van der Waals surface area contributed by atoms with Crippen LogP contribution < -0.4 is 4.90 Å². The van der Waals surface area contributed by atoms with Crippen molar-refractivity contribution in [1.82, 2.24) is 9.13 Å². The van der Waals surface area contributed by atoms with E-state index in [-0.39, 0.29) is 0 Å². The van der Waals surface area contributed by atoms with Gasteiger partial charge in [-0.3, -0.25) is 0 Å². The Kier molecular flexibility index (Phi) is 9.66. The highest BCUT2D eigenvalue weighted by atomic mass is 32.1. The van der Waals surface area contributed by atoms with Gasteiger partial charge >= 0.3 is 0 Å². The number of para-hydroxylation sites is 5. The van der Waals surface area contributed by atoms with Crippen molar-refractivity contribution in [3.8, 4) is 32.3 Å². The van der Waals surface area contributed by atoms with Crippen LogP contribution in [0.3, 0.4) is 0 Å². The number of fused-ring (bicyclic) bond motifs is 8. The fourth-order valence-corrected chi connectivity index (χ4v) is 12.1. The van der Waals surface area contributed by atoms with E-state index in [4.69, 9.17) is 0 Å². The predicted octanol–water partition coefficient (Wildman–Crippen LogP) is 18.1. The van der Waals surface area contributed by atoms with Crippen molar-refractivity contribution in [2.24, 2.45) is 0 Å². The van der Waals surface area contributed by atoms with Gasteiger partial charge in [0, 0.05) is 58.8 Å². The molecule has 4 aromatic heterocycles. The Morgan fingerprint density at radius 3 is 1.12 bits per heavy atom. The largest absolute Gasteiger partial charge is 0.309 e. The molecule has 0 bridgehead atoms. The first-order valence-electron chi connectivity index (χ1n) is 22.3. The van der Waals surface area contributed by atoms with Crippen LogP contribution in [0.5, 0.6) is 0 Å². The molecule has 0 aliphatic rings. The summed E-state index contributed by atoms with van der Waals surface area (Å²) in [5.41, 5.74) is 13.0. The predicted molar refractivity (Wildman–Crippen MR) is 283 cm³/mol. The molecule has 0 N–H and O–H groups in total. The summed E-state index contributed by atoms with van der Waals surface area (Å²) in [6, 6.07) is 82.1. The number of thiophene rings is 2. The number of hydrogen-bond donors (Lipinski definition) is 0. The smallest absolute Gasteiger partial charge is 0.0727 e. The fourth-order valence-electron chi connectivity index (χ4n) is 9.78. The second-order valence-electron chi connectivity index (χ2n) is 16.1. The Morgan fingerprint density at radius 1 is 0.323 bits per heavy atom. The summed E-state index contributed by atoms with van der Waals surface area (Å²) in [5, 5.41) is 7.45. The molecule has 65 heavy (non-hydrogen) atoms.